The Morgan fingerprint density at radius 2 is 1.92 bits per heavy atom. The predicted octanol–water partition coefficient (Wildman–Crippen LogP) is 3.74. The van der Waals surface area contributed by atoms with E-state index in [-0.39, 0.29) is 4.75 Å². The van der Waals surface area contributed by atoms with Crippen LogP contribution >= 0.6 is 24.0 Å². The van der Waals surface area contributed by atoms with Crippen molar-refractivity contribution < 1.29 is 0 Å². The molecule has 0 aromatic carbocycles. The molecular formula is C10H17NS2. The molecule has 0 atom stereocenters. The van der Waals surface area contributed by atoms with Gasteiger partial charge in [0.05, 0.1) is 10.7 Å². The summed E-state index contributed by atoms with van der Waals surface area (Å²) in [5.41, 5.74) is 1.13. The van der Waals surface area contributed by atoms with E-state index in [0.29, 0.717) is 5.92 Å². The second kappa shape index (κ2) is 3.62. The molecule has 1 aromatic rings. The van der Waals surface area contributed by atoms with Crippen LogP contribution in [-0.2, 0) is 4.75 Å². The number of hydrogen-bond donors (Lipinski definition) is 1. The highest BCUT2D eigenvalue weighted by Gasteiger charge is 2.22. The zero-order chi connectivity index (χ0) is 10.2. The lowest BCUT2D eigenvalue weighted by Gasteiger charge is -2.15. The van der Waals surface area contributed by atoms with E-state index in [2.05, 4.69) is 52.2 Å². The molecule has 13 heavy (non-hydrogen) atoms. The van der Waals surface area contributed by atoms with E-state index >= 15 is 0 Å². The van der Waals surface area contributed by atoms with Crippen LogP contribution < -0.4 is 0 Å². The highest BCUT2D eigenvalue weighted by atomic mass is 32.1. The Balaban J connectivity index is 3.11. The van der Waals surface area contributed by atoms with E-state index < -0.39 is 0 Å². The smallest absolute Gasteiger partial charge is 0.0956 e. The molecule has 0 saturated carbocycles. The lowest BCUT2D eigenvalue weighted by molar-refractivity contribution is 0.796. The highest BCUT2D eigenvalue weighted by molar-refractivity contribution is 7.81. The summed E-state index contributed by atoms with van der Waals surface area (Å²) in [4.78, 5) is 5.84. The van der Waals surface area contributed by atoms with Gasteiger partial charge in [0.15, 0.2) is 0 Å². The van der Waals surface area contributed by atoms with Crippen LogP contribution in [0.5, 0.6) is 0 Å². The van der Waals surface area contributed by atoms with Gasteiger partial charge in [-0.2, -0.15) is 12.6 Å². The van der Waals surface area contributed by atoms with Gasteiger partial charge in [0, 0.05) is 15.5 Å². The monoisotopic (exact) mass is 215 g/mol. The van der Waals surface area contributed by atoms with Crippen LogP contribution in [0.1, 0.15) is 49.2 Å². The highest BCUT2D eigenvalue weighted by Crippen LogP contribution is 2.36. The van der Waals surface area contributed by atoms with Gasteiger partial charge in [-0.3, -0.25) is 0 Å². The third-order valence-corrected chi connectivity index (χ3v) is 4.02. The summed E-state index contributed by atoms with van der Waals surface area (Å²) in [7, 11) is 0. The summed E-state index contributed by atoms with van der Waals surface area (Å²) in [5.74, 6) is 0.521. The predicted molar refractivity (Wildman–Crippen MR) is 63.0 cm³/mol. The molecule has 1 aromatic heterocycles. The summed E-state index contributed by atoms with van der Waals surface area (Å²) in [6.07, 6.45) is 0. The van der Waals surface area contributed by atoms with E-state index in [1.165, 1.54) is 9.88 Å². The van der Waals surface area contributed by atoms with Gasteiger partial charge in [-0.15, -0.1) is 11.3 Å². The average molecular weight is 215 g/mol. The molecule has 0 amide bonds. The van der Waals surface area contributed by atoms with E-state index in [1.54, 1.807) is 11.3 Å². The second-order valence-electron chi connectivity index (χ2n) is 4.18. The van der Waals surface area contributed by atoms with E-state index in [0.717, 1.165) is 5.69 Å². The molecule has 0 saturated heterocycles. The summed E-state index contributed by atoms with van der Waals surface area (Å²) < 4.78 is -0.0606. The lowest BCUT2D eigenvalue weighted by Crippen LogP contribution is -2.06. The normalized spacial score (nSPS) is 12.5. The first-order valence-electron chi connectivity index (χ1n) is 4.52. The van der Waals surface area contributed by atoms with Gasteiger partial charge in [-0.1, -0.05) is 13.8 Å². The fraction of sp³-hybridized carbons (Fsp3) is 0.700. The van der Waals surface area contributed by atoms with Crippen molar-refractivity contribution >= 4 is 24.0 Å². The number of nitrogens with zero attached hydrogens (tertiary/aromatic N) is 1. The van der Waals surface area contributed by atoms with Gasteiger partial charge >= 0.3 is 0 Å². The molecule has 0 aliphatic carbocycles. The summed E-state index contributed by atoms with van der Waals surface area (Å²) in [6.45, 7) is 10.6. The number of hydrogen-bond acceptors (Lipinski definition) is 3. The fourth-order valence-electron chi connectivity index (χ4n) is 1.23. The van der Waals surface area contributed by atoms with Crippen LogP contribution in [0.25, 0.3) is 0 Å². The zero-order valence-corrected chi connectivity index (χ0v) is 10.6. The second-order valence-corrected chi connectivity index (χ2v) is 6.33. The zero-order valence-electron chi connectivity index (χ0n) is 8.88. The van der Waals surface area contributed by atoms with Crippen molar-refractivity contribution in [3.05, 3.63) is 15.6 Å². The molecule has 1 nitrogen and oxygen atoms in total. The fourth-order valence-corrected chi connectivity index (χ4v) is 2.60. The first-order chi connectivity index (χ1) is 5.82. The van der Waals surface area contributed by atoms with Crippen molar-refractivity contribution in [1.29, 1.82) is 0 Å². The Morgan fingerprint density at radius 3 is 2.15 bits per heavy atom. The minimum Gasteiger partial charge on any atom is -0.246 e. The van der Waals surface area contributed by atoms with Gasteiger partial charge < -0.3 is 0 Å². The first kappa shape index (κ1) is 11.1. The van der Waals surface area contributed by atoms with Crippen molar-refractivity contribution in [1.82, 2.24) is 4.98 Å². The van der Waals surface area contributed by atoms with E-state index in [9.17, 15) is 0 Å². The quantitative estimate of drug-likeness (QED) is 0.742. The molecule has 0 spiro atoms. The standard InChI is InChI=1S/C10H17NS2/c1-6(2)9-11-7(3)8(13-9)10(4,5)12/h6,12H,1-5H3. The largest absolute Gasteiger partial charge is 0.246 e. The van der Waals surface area contributed by atoms with Gasteiger partial charge in [-0.05, 0) is 20.8 Å². The maximum absolute atomic E-state index is 4.57. The van der Waals surface area contributed by atoms with E-state index in [4.69, 9.17) is 0 Å². The minimum absolute atomic E-state index is 0.0606. The Hall–Kier alpha value is -0.0200. The third-order valence-electron chi connectivity index (χ3n) is 1.86. The molecule has 0 aliphatic rings. The lowest BCUT2D eigenvalue weighted by atomic mass is 10.1. The maximum Gasteiger partial charge on any atom is 0.0956 e. The maximum atomic E-state index is 4.57. The first-order valence-corrected chi connectivity index (χ1v) is 5.79. The molecule has 0 bridgehead atoms. The average Bonchev–Trinajstić information content (AvgIpc) is 2.29. The molecule has 0 radical (unpaired) electrons. The van der Waals surface area contributed by atoms with E-state index in [1.807, 2.05) is 0 Å². The topological polar surface area (TPSA) is 12.9 Å². The van der Waals surface area contributed by atoms with Gasteiger partial charge in [0.25, 0.3) is 0 Å². The molecular weight excluding hydrogens is 198 g/mol. The Kier molecular flexibility index (Phi) is 3.08. The van der Waals surface area contributed by atoms with Crippen LogP contribution in [0.4, 0.5) is 0 Å². The van der Waals surface area contributed by atoms with Crippen molar-refractivity contribution in [2.24, 2.45) is 0 Å². The molecule has 0 fully saturated rings. The number of aromatic nitrogens is 1. The molecule has 0 unspecified atom stereocenters. The van der Waals surface area contributed by atoms with Crippen LogP contribution in [0.15, 0.2) is 0 Å². The minimum atomic E-state index is -0.0606. The summed E-state index contributed by atoms with van der Waals surface area (Å²) in [6, 6.07) is 0. The van der Waals surface area contributed by atoms with Crippen LogP contribution in [0.3, 0.4) is 0 Å². The molecule has 0 aliphatic heterocycles. The molecule has 74 valence electrons. The van der Waals surface area contributed by atoms with Crippen LogP contribution in [0, 0.1) is 6.92 Å². The molecule has 1 heterocycles. The van der Waals surface area contributed by atoms with Gasteiger partial charge in [-0.25, -0.2) is 4.98 Å². The molecule has 3 heteroatoms. The van der Waals surface area contributed by atoms with Gasteiger partial charge in [0.1, 0.15) is 0 Å². The van der Waals surface area contributed by atoms with Crippen molar-refractivity contribution in [2.75, 3.05) is 0 Å². The van der Waals surface area contributed by atoms with Crippen LogP contribution in [0.2, 0.25) is 0 Å². The Labute approximate surface area is 90.0 Å². The van der Waals surface area contributed by atoms with Gasteiger partial charge in [0.2, 0.25) is 0 Å². The van der Waals surface area contributed by atoms with Crippen LogP contribution in [-0.4, -0.2) is 4.98 Å². The number of aryl methyl sites for hydroxylation is 1. The SMILES string of the molecule is Cc1nc(C(C)C)sc1C(C)(C)S. The third kappa shape index (κ3) is 2.47. The van der Waals surface area contributed by atoms with Crippen molar-refractivity contribution in [3.8, 4) is 0 Å². The number of thiazole rings is 1. The van der Waals surface area contributed by atoms with Crippen molar-refractivity contribution in [2.45, 2.75) is 45.3 Å². The molecule has 1 rings (SSSR count). The Morgan fingerprint density at radius 1 is 1.38 bits per heavy atom. The summed E-state index contributed by atoms with van der Waals surface area (Å²) >= 11 is 6.35. The summed E-state index contributed by atoms with van der Waals surface area (Å²) in [5, 5.41) is 1.22. The van der Waals surface area contributed by atoms with Crippen molar-refractivity contribution in [3.63, 3.8) is 0 Å². The number of thiol groups is 1. The Bertz CT molecular complexity index is 294. The number of rotatable bonds is 2. The molecule has 0 N–H and O–H groups in total.